The third kappa shape index (κ3) is 5.25. The highest BCUT2D eigenvalue weighted by Crippen LogP contribution is 2.12. The molecule has 0 aliphatic rings. The van der Waals surface area contributed by atoms with Gasteiger partial charge in [-0.15, -0.1) is 0 Å². The van der Waals surface area contributed by atoms with Gasteiger partial charge in [0.1, 0.15) is 5.82 Å². The fraction of sp³-hybridized carbons (Fsp3) is 0.375. The Morgan fingerprint density at radius 1 is 1.45 bits per heavy atom. The van der Waals surface area contributed by atoms with Gasteiger partial charge in [0.15, 0.2) is 0 Å². The molecule has 1 N–H and O–H groups in total. The molecule has 1 aromatic carbocycles. The predicted octanol–water partition coefficient (Wildman–Crippen LogP) is 3.57. The van der Waals surface area contributed by atoms with Crippen LogP contribution in [0, 0.1) is 17.2 Å². The lowest BCUT2D eigenvalue weighted by Crippen LogP contribution is -2.16. The first-order chi connectivity index (χ1) is 9.56. The summed E-state index contributed by atoms with van der Waals surface area (Å²) in [4.78, 5) is 4.27. The molecule has 0 aromatic heterocycles. The Morgan fingerprint density at radius 3 is 2.65 bits per heavy atom. The Labute approximate surface area is 120 Å². The molecule has 0 aliphatic heterocycles. The third-order valence-corrected chi connectivity index (χ3v) is 3.20. The Bertz CT molecular complexity index is 499. The Hall–Kier alpha value is -2.12. The van der Waals surface area contributed by atoms with Crippen molar-refractivity contribution >= 4 is 11.9 Å². The molecule has 0 radical (unpaired) electrons. The Kier molecular flexibility index (Phi) is 6.48. The molecular weight excluding hydrogens is 250 g/mol. The minimum absolute atomic E-state index is 0.209. The van der Waals surface area contributed by atoms with E-state index in [-0.39, 0.29) is 6.10 Å². The molecule has 2 atom stereocenters. The van der Waals surface area contributed by atoms with Crippen molar-refractivity contribution < 1.29 is 4.74 Å². The van der Waals surface area contributed by atoms with Gasteiger partial charge >= 0.3 is 0 Å². The van der Waals surface area contributed by atoms with Gasteiger partial charge in [0.2, 0.25) is 0 Å². The van der Waals surface area contributed by atoms with Crippen molar-refractivity contribution in [2.24, 2.45) is 10.9 Å². The second-order valence-electron chi connectivity index (χ2n) is 4.73. The van der Waals surface area contributed by atoms with Crippen molar-refractivity contribution in [2.75, 3.05) is 12.4 Å². The molecule has 0 saturated carbocycles. The monoisotopic (exact) mass is 271 g/mol. The van der Waals surface area contributed by atoms with E-state index in [9.17, 15) is 0 Å². The van der Waals surface area contributed by atoms with Gasteiger partial charge in [-0.05, 0) is 43.5 Å². The van der Waals surface area contributed by atoms with Gasteiger partial charge in [-0.3, -0.25) is 0 Å². The minimum atomic E-state index is 0.209. The molecule has 0 saturated heterocycles. The number of hydrogen-bond acceptors (Lipinski definition) is 4. The number of methoxy groups -OCH3 is 1. The van der Waals surface area contributed by atoms with Gasteiger partial charge in [-0.25, -0.2) is 4.99 Å². The number of nitrogens with zero attached hydrogens (tertiary/aromatic N) is 2. The van der Waals surface area contributed by atoms with Crippen LogP contribution in [0.25, 0.3) is 0 Å². The van der Waals surface area contributed by atoms with Crippen LogP contribution < -0.4 is 5.32 Å². The summed E-state index contributed by atoms with van der Waals surface area (Å²) < 4.78 is 5.26. The number of anilines is 1. The van der Waals surface area contributed by atoms with Gasteiger partial charge in [0.05, 0.1) is 17.7 Å². The molecule has 0 spiro atoms. The number of ether oxygens (including phenoxy) is 1. The van der Waals surface area contributed by atoms with E-state index in [1.807, 2.05) is 25.3 Å². The number of rotatable bonds is 7. The number of nitrogens with one attached hydrogen (secondary N) is 1. The highest BCUT2D eigenvalue weighted by Gasteiger charge is 2.08. The van der Waals surface area contributed by atoms with Gasteiger partial charge in [-0.2, -0.15) is 5.26 Å². The fourth-order valence-electron chi connectivity index (χ4n) is 1.58. The fourth-order valence-corrected chi connectivity index (χ4v) is 1.58. The predicted molar refractivity (Wildman–Crippen MR) is 82.7 cm³/mol. The van der Waals surface area contributed by atoms with Crippen LogP contribution in [0.4, 0.5) is 5.69 Å². The zero-order chi connectivity index (χ0) is 15.0. The largest absolute Gasteiger partial charge is 0.381 e. The zero-order valence-corrected chi connectivity index (χ0v) is 12.3. The van der Waals surface area contributed by atoms with Crippen molar-refractivity contribution in [3.63, 3.8) is 0 Å². The van der Waals surface area contributed by atoms with E-state index in [0.29, 0.717) is 17.3 Å². The Morgan fingerprint density at radius 2 is 2.10 bits per heavy atom. The van der Waals surface area contributed by atoms with E-state index >= 15 is 0 Å². The van der Waals surface area contributed by atoms with Crippen molar-refractivity contribution in [2.45, 2.75) is 26.4 Å². The van der Waals surface area contributed by atoms with E-state index in [1.165, 1.54) is 0 Å². The van der Waals surface area contributed by atoms with E-state index in [2.05, 4.69) is 29.9 Å². The topological polar surface area (TPSA) is 57.4 Å². The number of hydrogen-bond donors (Lipinski definition) is 1. The van der Waals surface area contributed by atoms with Crippen molar-refractivity contribution in [1.29, 1.82) is 5.26 Å². The molecule has 0 fully saturated rings. The first-order valence-electron chi connectivity index (χ1n) is 6.58. The molecule has 106 valence electrons. The molecule has 4 nitrogen and oxygen atoms in total. The van der Waals surface area contributed by atoms with E-state index in [1.54, 1.807) is 19.2 Å². The van der Waals surface area contributed by atoms with Crippen LogP contribution in [-0.2, 0) is 4.74 Å². The van der Waals surface area contributed by atoms with E-state index < -0.39 is 0 Å². The van der Waals surface area contributed by atoms with Crippen LogP contribution >= 0.6 is 0 Å². The van der Waals surface area contributed by atoms with Gasteiger partial charge in [-0.1, -0.05) is 13.5 Å². The van der Waals surface area contributed by atoms with Crippen LogP contribution in [-0.4, -0.2) is 19.4 Å². The molecule has 2 unspecified atom stereocenters. The smallest absolute Gasteiger partial charge is 0.122 e. The van der Waals surface area contributed by atoms with Gasteiger partial charge in [0, 0.05) is 19.0 Å². The third-order valence-electron chi connectivity index (χ3n) is 3.20. The summed E-state index contributed by atoms with van der Waals surface area (Å²) in [6, 6.07) is 9.24. The number of aliphatic imine (C=N–C) groups is 1. The van der Waals surface area contributed by atoms with Crippen LogP contribution in [0.15, 0.2) is 41.7 Å². The molecule has 0 aliphatic carbocycles. The highest BCUT2D eigenvalue weighted by molar-refractivity contribution is 5.61. The summed E-state index contributed by atoms with van der Waals surface area (Å²) in [5.41, 5.74) is 1.50. The van der Waals surface area contributed by atoms with Crippen molar-refractivity contribution in [3.05, 3.63) is 42.2 Å². The summed E-state index contributed by atoms with van der Waals surface area (Å²) in [7, 11) is 1.71. The standard InChI is InChI=1S/C16H21N3O/c1-12(13(2)20-4)9-10-18-14(3)19-16-7-5-15(11-17)6-8-16/h5-8,10,12-13,19H,3,9H2,1-2,4H3. The summed E-state index contributed by atoms with van der Waals surface area (Å²) in [6.07, 6.45) is 2.89. The molecule has 20 heavy (non-hydrogen) atoms. The maximum atomic E-state index is 8.72. The van der Waals surface area contributed by atoms with E-state index in [4.69, 9.17) is 10.00 Å². The highest BCUT2D eigenvalue weighted by atomic mass is 16.5. The van der Waals surface area contributed by atoms with Crippen LogP contribution in [0.5, 0.6) is 0 Å². The molecule has 0 bridgehead atoms. The molecule has 1 rings (SSSR count). The van der Waals surface area contributed by atoms with Crippen molar-refractivity contribution in [1.82, 2.24) is 0 Å². The second-order valence-corrected chi connectivity index (χ2v) is 4.73. The van der Waals surface area contributed by atoms with Crippen LogP contribution in [0.3, 0.4) is 0 Å². The minimum Gasteiger partial charge on any atom is -0.381 e. The summed E-state index contributed by atoms with van der Waals surface area (Å²) in [6.45, 7) is 8.02. The average molecular weight is 271 g/mol. The lowest BCUT2D eigenvalue weighted by atomic mass is 10.0. The van der Waals surface area contributed by atoms with Crippen molar-refractivity contribution in [3.8, 4) is 6.07 Å². The summed E-state index contributed by atoms with van der Waals surface area (Å²) >= 11 is 0. The number of benzene rings is 1. The average Bonchev–Trinajstić information content (AvgIpc) is 2.47. The Balaban J connectivity index is 2.45. The molecule has 4 heteroatoms. The quantitative estimate of drug-likeness (QED) is 0.771. The lowest BCUT2D eigenvalue weighted by Gasteiger charge is -2.15. The van der Waals surface area contributed by atoms with Gasteiger partial charge in [0.25, 0.3) is 0 Å². The normalized spacial score (nSPS) is 13.7. The maximum Gasteiger partial charge on any atom is 0.122 e. The zero-order valence-electron chi connectivity index (χ0n) is 12.3. The molecule has 0 amide bonds. The summed E-state index contributed by atoms with van der Waals surface area (Å²) in [5, 5.41) is 11.8. The first-order valence-corrected chi connectivity index (χ1v) is 6.58. The number of nitriles is 1. The lowest BCUT2D eigenvalue weighted by molar-refractivity contribution is 0.0767. The first kappa shape index (κ1) is 15.9. The maximum absolute atomic E-state index is 8.72. The van der Waals surface area contributed by atoms with Crippen LogP contribution in [0.2, 0.25) is 0 Å². The molecular formula is C16H21N3O. The second kappa shape index (κ2) is 8.13. The van der Waals surface area contributed by atoms with E-state index in [0.717, 1.165) is 12.1 Å². The molecule has 1 aromatic rings. The van der Waals surface area contributed by atoms with Crippen LogP contribution in [0.1, 0.15) is 25.8 Å². The summed E-state index contributed by atoms with van der Waals surface area (Å²) in [5.74, 6) is 0.985. The van der Waals surface area contributed by atoms with Gasteiger partial charge < -0.3 is 10.1 Å². The molecule has 0 heterocycles. The SMILES string of the molecule is C=C(N=CCC(C)C(C)OC)Nc1ccc(C#N)cc1.